The third-order valence-electron chi connectivity index (χ3n) is 3.48. The van der Waals surface area contributed by atoms with E-state index in [-0.39, 0.29) is 0 Å². The van der Waals surface area contributed by atoms with E-state index in [4.69, 9.17) is 23.2 Å². The van der Waals surface area contributed by atoms with Crippen LogP contribution in [0.3, 0.4) is 0 Å². The van der Waals surface area contributed by atoms with E-state index in [0.717, 1.165) is 16.3 Å². The zero-order valence-corrected chi connectivity index (χ0v) is 12.6. The second-order valence-corrected chi connectivity index (χ2v) is 5.65. The fraction of sp³-hybridized carbons (Fsp3) is 0.118. The van der Waals surface area contributed by atoms with Crippen LogP contribution in [0.2, 0.25) is 10.0 Å². The van der Waals surface area contributed by atoms with Crippen molar-refractivity contribution in [3.8, 4) is 0 Å². The Kier molecular flexibility index (Phi) is 4.11. The van der Waals surface area contributed by atoms with E-state index in [2.05, 4.69) is 4.98 Å². The fourth-order valence-electron chi connectivity index (χ4n) is 2.43. The Labute approximate surface area is 133 Å². The molecule has 1 heterocycles. The highest BCUT2D eigenvalue weighted by Gasteiger charge is 2.16. The molecule has 2 nitrogen and oxygen atoms in total. The molecule has 0 bridgehead atoms. The van der Waals surface area contributed by atoms with Gasteiger partial charge < -0.3 is 5.11 Å². The van der Waals surface area contributed by atoms with E-state index >= 15 is 0 Å². The van der Waals surface area contributed by atoms with Crippen molar-refractivity contribution in [3.63, 3.8) is 0 Å². The minimum absolute atomic E-state index is 0.333. The summed E-state index contributed by atoms with van der Waals surface area (Å²) in [5.41, 5.74) is 1.38. The van der Waals surface area contributed by atoms with Crippen LogP contribution in [-0.4, -0.2) is 10.1 Å². The topological polar surface area (TPSA) is 33.1 Å². The lowest BCUT2D eigenvalue weighted by atomic mass is 10.0. The van der Waals surface area contributed by atoms with Crippen molar-refractivity contribution in [1.82, 2.24) is 4.98 Å². The van der Waals surface area contributed by atoms with Crippen LogP contribution in [0.4, 0.5) is 0 Å². The van der Waals surface area contributed by atoms with Crippen molar-refractivity contribution in [3.05, 3.63) is 76.0 Å². The van der Waals surface area contributed by atoms with Gasteiger partial charge in [-0.3, -0.25) is 4.98 Å². The van der Waals surface area contributed by atoms with Gasteiger partial charge in [-0.2, -0.15) is 0 Å². The molecule has 1 aromatic heterocycles. The monoisotopic (exact) mass is 317 g/mol. The summed E-state index contributed by atoms with van der Waals surface area (Å²) in [5, 5.41) is 13.6. The predicted molar refractivity (Wildman–Crippen MR) is 86.9 cm³/mol. The summed E-state index contributed by atoms with van der Waals surface area (Å²) in [7, 11) is 0. The van der Waals surface area contributed by atoms with Gasteiger partial charge in [-0.25, -0.2) is 0 Å². The molecule has 3 rings (SSSR count). The average molecular weight is 318 g/mol. The van der Waals surface area contributed by atoms with Gasteiger partial charge >= 0.3 is 0 Å². The minimum atomic E-state index is -0.756. The molecule has 0 aliphatic heterocycles. The zero-order valence-electron chi connectivity index (χ0n) is 11.1. The van der Waals surface area contributed by atoms with Crippen molar-refractivity contribution in [2.24, 2.45) is 0 Å². The van der Waals surface area contributed by atoms with Gasteiger partial charge in [0.15, 0.2) is 0 Å². The van der Waals surface area contributed by atoms with Gasteiger partial charge in [-0.1, -0.05) is 53.5 Å². The lowest BCUT2D eigenvalue weighted by Crippen LogP contribution is -2.06. The van der Waals surface area contributed by atoms with Gasteiger partial charge in [0.25, 0.3) is 0 Å². The van der Waals surface area contributed by atoms with Gasteiger partial charge in [-0.15, -0.1) is 0 Å². The maximum Gasteiger partial charge on any atom is 0.101 e. The molecule has 0 spiro atoms. The number of pyridine rings is 1. The second-order valence-electron chi connectivity index (χ2n) is 4.84. The maximum atomic E-state index is 10.5. The summed E-state index contributed by atoms with van der Waals surface area (Å²) in [4.78, 5) is 4.33. The standard InChI is InChI=1S/C17H13Cl2NO/c18-14-6-3-7-15(19)13(14)10-16(21)17-12-5-2-1-4-11(12)8-9-20-17/h1-9,16,21H,10H2. The summed E-state index contributed by atoms with van der Waals surface area (Å²) in [6.45, 7) is 0. The SMILES string of the molecule is OC(Cc1c(Cl)cccc1Cl)c1nccc2ccccc12. The first-order valence-electron chi connectivity index (χ1n) is 6.61. The van der Waals surface area contributed by atoms with Crippen molar-refractivity contribution in [1.29, 1.82) is 0 Å². The molecule has 2 aromatic carbocycles. The normalized spacial score (nSPS) is 12.5. The lowest BCUT2D eigenvalue weighted by Gasteiger charge is -2.14. The van der Waals surface area contributed by atoms with E-state index in [1.165, 1.54) is 0 Å². The number of fused-ring (bicyclic) bond motifs is 1. The summed E-state index contributed by atoms with van der Waals surface area (Å²) in [6.07, 6.45) is 1.28. The van der Waals surface area contributed by atoms with Crippen LogP contribution in [0.5, 0.6) is 0 Å². The van der Waals surface area contributed by atoms with Crippen molar-refractivity contribution < 1.29 is 5.11 Å². The first-order chi connectivity index (χ1) is 10.2. The first-order valence-corrected chi connectivity index (χ1v) is 7.37. The second kappa shape index (κ2) is 6.02. The molecule has 0 fully saturated rings. The van der Waals surface area contributed by atoms with Gasteiger partial charge in [0.05, 0.1) is 5.69 Å². The number of rotatable bonds is 3. The summed E-state index contributed by atoms with van der Waals surface area (Å²) in [6, 6.07) is 15.1. The third-order valence-corrected chi connectivity index (χ3v) is 4.19. The van der Waals surface area contributed by atoms with E-state index in [9.17, 15) is 5.11 Å². The number of aliphatic hydroxyl groups is 1. The number of halogens is 2. The van der Waals surface area contributed by atoms with E-state index in [1.807, 2.05) is 30.3 Å². The predicted octanol–water partition coefficient (Wildman–Crippen LogP) is 4.82. The number of aliphatic hydroxyl groups excluding tert-OH is 1. The van der Waals surface area contributed by atoms with E-state index < -0.39 is 6.10 Å². The molecule has 3 aromatic rings. The molecule has 0 aliphatic rings. The Morgan fingerprint density at radius 1 is 0.952 bits per heavy atom. The summed E-state index contributed by atoms with van der Waals surface area (Å²) >= 11 is 12.3. The molecule has 0 saturated heterocycles. The molecule has 1 unspecified atom stereocenters. The van der Waals surface area contributed by atoms with E-state index in [1.54, 1.807) is 24.4 Å². The molecule has 0 amide bonds. The van der Waals surface area contributed by atoms with Crippen LogP contribution in [-0.2, 0) is 6.42 Å². The molecule has 4 heteroatoms. The fourth-order valence-corrected chi connectivity index (χ4v) is 2.98. The Hall–Kier alpha value is -1.61. The Balaban J connectivity index is 2.00. The highest BCUT2D eigenvalue weighted by atomic mass is 35.5. The van der Waals surface area contributed by atoms with Crippen LogP contribution in [0.1, 0.15) is 17.4 Å². The van der Waals surface area contributed by atoms with Gasteiger partial charge in [0.1, 0.15) is 6.10 Å². The largest absolute Gasteiger partial charge is 0.386 e. The molecule has 1 N–H and O–H groups in total. The number of hydrogen-bond donors (Lipinski definition) is 1. The Morgan fingerprint density at radius 3 is 2.43 bits per heavy atom. The van der Waals surface area contributed by atoms with Crippen molar-refractivity contribution >= 4 is 34.0 Å². The number of hydrogen-bond acceptors (Lipinski definition) is 2. The van der Waals surface area contributed by atoms with E-state index in [0.29, 0.717) is 22.2 Å². The molecule has 21 heavy (non-hydrogen) atoms. The van der Waals surface area contributed by atoms with Crippen LogP contribution in [0, 0.1) is 0 Å². The molecule has 0 saturated carbocycles. The molecule has 0 radical (unpaired) electrons. The number of nitrogens with zero attached hydrogens (tertiary/aromatic N) is 1. The van der Waals surface area contributed by atoms with Crippen molar-refractivity contribution in [2.75, 3.05) is 0 Å². The zero-order chi connectivity index (χ0) is 14.8. The number of benzene rings is 2. The molecule has 106 valence electrons. The van der Waals surface area contributed by atoms with Crippen LogP contribution in [0.15, 0.2) is 54.7 Å². The van der Waals surface area contributed by atoms with Crippen LogP contribution >= 0.6 is 23.2 Å². The highest BCUT2D eigenvalue weighted by Crippen LogP contribution is 2.30. The van der Waals surface area contributed by atoms with Crippen molar-refractivity contribution in [2.45, 2.75) is 12.5 Å². The first kappa shape index (κ1) is 14.3. The maximum absolute atomic E-state index is 10.5. The minimum Gasteiger partial charge on any atom is -0.386 e. The Bertz CT molecular complexity index is 763. The summed E-state index contributed by atoms with van der Waals surface area (Å²) < 4.78 is 0. The molecule has 0 aliphatic carbocycles. The van der Waals surface area contributed by atoms with Crippen LogP contribution < -0.4 is 0 Å². The molecular weight excluding hydrogens is 305 g/mol. The molecular formula is C17H13Cl2NO. The molecule has 1 atom stereocenters. The number of aromatic nitrogens is 1. The smallest absolute Gasteiger partial charge is 0.101 e. The van der Waals surface area contributed by atoms with Gasteiger partial charge in [0.2, 0.25) is 0 Å². The third kappa shape index (κ3) is 2.88. The highest BCUT2D eigenvalue weighted by molar-refractivity contribution is 6.36. The average Bonchev–Trinajstić information content (AvgIpc) is 2.50. The summed E-state index contributed by atoms with van der Waals surface area (Å²) in [5.74, 6) is 0. The quantitative estimate of drug-likeness (QED) is 0.751. The van der Waals surface area contributed by atoms with Crippen LogP contribution in [0.25, 0.3) is 10.8 Å². The Morgan fingerprint density at radius 2 is 1.67 bits per heavy atom. The van der Waals surface area contributed by atoms with Gasteiger partial charge in [0, 0.05) is 28.0 Å². The lowest BCUT2D eigenvalue weighted by molar-refractivity contribution is 0.175. The van der Waals surface area contributed by atoms with Gasteiger partial charge in [-0.05, 0) is 29.1 Å².